The lowest BCUT2D eigenvalue weighted by atomic mass is 10.0. The minimum Gasteiger partial charge on any atom is -0.388 e. The Balaban J connectivity index is 2.13. The Kier molecular flexibility index (Phi) is 4.28. The van der Waals surface area contributed by atoms with Gasteiger partial charge < -0.3 is 5.11 Å². The van der Waals surface area contributed by atoms with E-state index in [-0.39, 0.29) is 0 Å². The summed E-state index contributed by atoms with van der Waals surface area (Å²) in [5.74, 6) is 0. The molecule has 0 saturated carbocycles. The van der Waals surface area contributed by atoms with Crippen molar-refractivity contribution in [3.05, 3.63) is 69.2 Å². The van der Waals surface area contributed by atoms with E-state index in [1.165, 1.54) is 5.56 Å². The minimum atomic E-state index is -0.525. The topological polar surface area (TPSA) is 20.2 Å². The van der Waals surface area contributed by atoms with Crippen LogP contribution in [-0.4, -0.2) is 5.11 Å². The van der Waals surface area contributed by atoms with Crippen LogP contribution in [0.4, 0.5) is 0 Å². The molecule has 2 rings (SSSR count). The molecule has 0 heterocycles. The highest BCUT2D eigenvalue weighted by atomic mass is 35.5. The SMILES string of the molecule is Cc1ccc(C(O)Cc2ccc(Cl)c(Cl)c2)cc1. The van der Waals surface area contributed by atoms with Crippen LogP contribution in [0, 0.1) is 6.92 Å². The Morgan fingerprint density at radius 3 is 2.28 bits per heavy atom. The second-order valence-corrected chi connectivity index (χ2v) is 5.19. The normalized spacial score (nSPS) is 12.4. The highest BCUT2D eigenvalue weighted by Crippen LogP contribution is 2.25. The molecule has 0 fully saturated rings. The lowest BCUT2D eigenvalue weighted by molar-refractivity contribution is 0.178. The lowest BCUT2D eigenvalue weighted by Gasteiger charge is -2.12. The zero-order valence-corrected chi connectivity index (χ0v) is 11.5. The first-order valence-corrected chi connectivity index (χ1v) is 6.50. The van der Waals surface area contributed by atoms with E-state index in [0.717, 1.165) is 11.1 Å². The molecule has 1 N–H and O–H groups in total. The van der Waals surface area contributed by atoms with Crippen LogP contribution < -0.4 is 0 Å². The Bertz CT molecular complexity index is 535. The molecular weight excluding hydrogens is 267 g/mol. The molecular formula is C15H14Cl2O. The van der Waals surface area contributed by atoms with Gasteiger partial charge in [-0.25, -0.2) is 0 Å². The Labute approximate surface area is 117 Å². The number of aliphatic hydroxyl groups excluding tert-OH is 1. The van der Waals surface area contributed by atoms with E-state index < -0.39 is 6.10 Å². The third-order valence-electron chi connectivity index (χ3n) is 2.88. The van der Waals surface area contributed by atoms with Gasteiger partial charge in [0.1, 0.15) is 0 Å². The van der Waals surface area contributed by atoms with Gasteiger partial charge in [-0.05, 0) is 30.2 Å². The molecule has 0 aliphatic rings. The van der Waals surface area contributed by atoms with Crippen LogP contribution >= 0.6 is 23.2 Å². The van der Waals surface area contributed by atoms with Gasteiger partial charge in [0.2, 0.25) is 0 Å². The van der Waals surface area contributed by atoms with Gasteiger partial charge in [-0.15, -0.1) is 0 Å². The largest absolute Gasteiger partial charge is 0.388 e. The summed E-state index contributed by atoms with van der Waals surface area (Å²) in [5, 5.41) is 11.2. The fourth-order valence-electron chi connectivity index (χ4n) is 1.80. The summed E-state index contributed by atoms with van der Waals surface area (Å²) in [4.78, 5) is 0. The first-order valence-electron chi connectivity index (χ1n) is 5.75. The summed E-state index contributed by atoms with van der Waals surface area (Å²) in [6.45, 7) is 2.02. The number of benzene rings is 2. The summed E-state index contributed by atoms with van der Waals surface area (Å²) in [7, 11) is 0. The number of halogens is 2. The molecule has 18 heavy (non-hydrogen) atoms. The summed E-state index contributed by atoms with van der Waals surface area (Å²) in [5.41, 5.74) is 3.06. The van der Waals surface area contributed by atoms with Gasteiger partial charge in [0.25, 0.3) is 0 Å². The number of hydrogen-bond donors (Lipinski definition) is 1. The van der Waals surface area contributed by atoms with Crippen molar-refractivity contribution in [1.29, 1.82) is 0 Å². The van der Waals surface area contributed by atoms with E-state index in [1.54, 1.807) is 12.1 Å². The van der Waals surface area contributed by atoms with Gasteiger partial charge >= 0.3 is 0 Å². The van der Waals surface area contributed by atoms with Crippen molar-refractivity contribution in [1.82, 2.24) is 0 Å². The lowest BCUT2D eigenvalue weighted by Crippen LogP contribution is -2.01. The van der Waals surface area contributed by atoms with Crippen molar-refractivity contribution in [3.63, 3.8) is 0 Å². The van der Waals surface area contributed by atoms with Gasteiger partial charge in [0.05, 0.1) is 16.1 Å². The third kappa shape index (κ3) is 3.26. The number of aliphatic hydroxyl groups is 1. The maximum absolute atomic E-state index is 10.1. The molecule has 0 saturated heterocycles. The fraction of sp³-hybridized carbons (Fsp3) is 0.200. The first-order chi connectivity index (χ1) is 8.56. The molecule has 0 aromatic heterocycles. The molecule has 3 heteroatoms. The van der Waals surface area contributed by atoms with Crippen molar-refractivity contribution in [3.8, 4) is 0 Å². The van der Waals surface area contributed by atoms with E-state index in [1.807, 2.05) is 37.3 Å². The standard InChI is InChI=1S/C15H14Cl2O/c1-10-2-5-12(6-3-10)15(18)9-11-4-7-13(16)14(17)8-11/h2-8,15,18H,9H2,1H3. The predicted molar refractivity (Wildman–Crippen MR) is 76.3 cm³/mol. The van der Waals surface area contributed by atoms with Crippen LogP contribution in [-0.2, 0) is 6.42 Å². The number of rotatable bonds is 3. The van der Waals surface area contributed by atoms with Gasteiger partial charge in [-0.2, -0.15) is 0 Å². The molecule has 2 aromatic rings. The van der Waals surface area contributed by atoms with E-state index >= 15 is 0 Å². The van der Waals surface area contributed by atoms with Crippen LogP contribution in [0.25, 0.3) is 0 Å². The summed E-state index contributed by atoms with van der Waals surface area (Å²) >= 11 is 11.8. The highest BCUT2D eigenvalue weighted by Gasteiger charge is 2.09. The van der Waals surface area contributed by atoms with E-state index in [0.29, 0.717) is 16.5 Å². The molecule has 0 bridgehead atoms. The second-order valence-electron chi connectivity index (χ2n) is 4.38. The molecule has 0 radical (unpaired) electrons. The summed E-state index contributed by atoms with van der Waals surface area (Å²) in [6.07, 6.45) is 0.00258. The first kappa shape index (κ1) is 13.4. The van der Waals surface area contributed by atoms with Crippen molar-refractivity contribution in [2.75, 3.05) is 0 Å². The molecule has 0 aliphatic carbocycles. The minimum absolute atomic E-state index is 0.519. The van der Waals surface area contributed by atoms with Crippen LogP contribution in [0.5, 0.6) is 0 Å². The average Bonchev–Trinajstić information content (AvgIpc) is 2.34. The van der Waals surface area contributed by atoms with Crippen molar-refractivity contribution in [2.24, 2.45) is 0 Å². The zero-order valence-electron chi connectivity index (χ0n) is 10.0. The summed E-state index contributed by atoms with van der Waals surface area (Å²) in [6, 6.07) is 13.3. The van der Waals surface area contributed by atoms with Gasteiger partial charge in [0, 0.05) is 6.42 Å². The molecule has 1 unspecified atom stereocenters. The Morgan fingerprint density at radius 1 is 1.00 bits per heavy atom. The monoisotopic (exact) mass is 280 g/mol. The van der Waals surface area contributed by atoms with Crippen LogP contribution in [0.1, 0.15) is 22.8 Å². The third-order valence-corrected chi connectivity index (χ3v) is 3.61. The van der Waals surface area contributed by atoms with E-state index in [2.05, 4.69) is 0 Å². The van der Waals surface area contributed by atoms with Crippen molar-refractivity contribution < 1.29 is 5.11 Å². The molecule has 2 aromatic carbocycles. The predicted octanol–water partition coefficient (Wildman–Crippen LogP) is 4.58. The summed E-state index contributed by atoms with van der Waals surface area (Å²) < 4.78 is 0. The van der Waals surface area contributed by atoms with Crippen LogP contribution in [0.3, 0.4) is 0 Å². The van der Waals surface area contributed by atoms with Crippen molar-refractivity contribution in [2.45, 2.75) is 19.4 Å². The smallest absolute Gasteiger partial charge is 0.0830 e. The van der Waals surface area contributed by atoms with Crippen LogP contribution in [0.2, 0.25) is 10.0 Å². The fourth-order valence-corrected chi connectivity index (χ4v) is 2.12. The molecule has 0 aliphatic heterocycles. The molecule has 1 nitrogen and oxygen atoms in total. The molecule has 94 valence electrons. The molecule has 0 spiro atoms. The van der Waals surface area contributed by atoms with Crippen molar-refractivity contribution >= 4 is 23.2 Å². The van der Waals surface area contributed by atoms with Gasteiger partial charge in [0.15, 0.2) is 0 Å². The number of hydrogen-bond acceptors (Lipinski definition) is 1. The average molecular weight is 281 g/mol. The molecule has 0 amide bonds. The maximum Gasteiger partial charge on any atom is 0.0830 e. The van der Waals surface area contributed by atoms with Gasteiger partial charge in [-0.3, -0.25) is 0 Å². The Hall–Kier alpha value is -1.02. The Morgan fingerprint density at radius 2 is 1.67 bits per heavy atom. The number of aryl methyl sites for hydroxylation is 1. The van der Waals surface area contributed by atoms with E-state index in [9.17, 15) is 5.11 Å². The maximum atomic E-state index is 10.1. The second kappa shape index (κ2) is 5.75. The van der Waals surface area contributed by atoms with Gasteiger partial charge in [-0.1, -0.05) is 59.1 Å². The van der Waals surface area contributed by atoms with E-state index in [4.69, 9.17) is 23.2 Å². The van der Waals surface area contributed by atoms with Crippen LogP contribution in [0.15, 0.2) is 42.5 Å². The quantitative estimate of drug-likeness (QED) is 0.873. The highest BCUT2D eigenvalue weighted by molar-refractivity contribution is 6.42. The zero-order chi connectivity index (χ0) is 13.1. The molecule has 1 atom stereocenters.